The Morgan fingerprint density at radius 1 is 1.45 bits per heavy atom. The third-order valence-electron chi connectivity index (χ3n) is 3.49. The molecule has 0 saturated carbocycles. The highest BCUT2D eigenvalue weighted by Crippen LogP contribution is 2.14. The highest BCUT2D eigenvalue weighted by molar-refractivity contribution is 5.91. The van der Waals surface area contributed by atoms with Gasteiger partial charge in [0, 0.05) is 23.3 Å². The molecule has 0 saturated heterocycles. The second-order valence-corrected chi connectivity index (χ2v) is 5.67. The highest BCUT2D eigenvalue weighted by Gasteiger charge is 2.21. The van der Waals surface area contributed by atoms with Crippen molar-refractivity contribution in [2.24, 2.45) is 0 Å². The minimum Gasteiger partial charge on any atom is -0.399 e. The predicted octanol–water partition coefficient (Wildman–Crippen LogP) is 1.69. The summed E-state index contributed by atoms with van der Waals surface area (Å²) in [4.78, 5) is 13.9. The van der Waals surface area contributed by atoms with Crippen LogP contribution in [0.3, 0.4) is 0 Å². The van der Waals surface area contributed by atoms with Gasteiger partial charge in [-0.3, -0.25) is 9.69 Å². The Kier molecular flexibility index (Phi) is 5.98. The Morgan fingerprint density at radius 3 is 2.75 bits per heavy atom. The van der Waals surface area contributed by atoms with E-state index in [0.29, 0.717) is 12.1 Å². The van der Waals surface area contributed by atoms with E-state index in [1.807, 2.05) is 33.0 Å². The fourth-order valence-corrected chi connectivity index (χ4v) is 1.74. The average molecular weight is 279 g/mol. The monoisotopic (exact) mass is 279 g/mol. The van der Waals surface area contributed by atoms with Gasteiger partial charge >= 0.3 is 0 Å². The van der Waals surface area contributed by atoms with Gasteiger partial charge in [-0.15, -0.1) is 0 Å². The molecular formula is C15H25N3O2. The van der Waals surface area contributed by atoms with E-state index in [-0.39, 0.29) is 18.1 Å². The van der Waals surface area contributed by atoms with Gasteiger partial charge < -0.3 is 16.2 Å². The lowest BCUT2D eigenvalue weighted by Crippen LogP contribution is -2.44. The molecule has 5 heteroatoms. The van der Waals surface area contributed by atoms with Crippen LogP contribution in [0.25, 0.3) is 0 Å². The van der Waals surface area contributed by atoms with E-state index in [9.17, 15) is 9.90 Å². The molecule has 5 nitrogen and oxygen atoms in total. The van der Waals surface area contributed by atoms with Gasteiger partial charge in [0.15, 0.2) is 0 Å². The third kappa shape index (κ3) is 5.19. The normalized spacial score (nSPS) is 11.7. The summed E-state index contributed by atoms with van der Waals surface area (Å²) in [6.45, 7) is 4.80. The number of hydrogen-bond donors (Lipinski definition) is 3. The van der Waals surface area contributed by atoms with Crippen molar-refractivity contribution in [3.8, 4) is 0 Å². The highest BCUT2D eigenvalue weighted by atomic mass is 16.3. The molecule has 0 unspecified atom stereocenters. The van der Waals surface area contributed by atoms with Crippen molar-refractivity contribution in [2.45, 2.75) is 32.2 Å². The van der Waals surface area contributed by atoms with Crippen LogP contribution in [0, 0.1) is 0 Å². The number of carbonyl (C=O) groups is 1. The van der Waals surface area contributed by atoms with Gasteiger partial charge in [0.2, 0.25) is 5.91 Å². The third-order valence-corrected chi connectivity index (χ3v) is 3.49. The maximum Gasteiger partial charge on any atom is 0.224 e. The zero-order valence-electron chi connectivity index (χ0n) is 12.5. The van der Waals surface area contributed by atoms with Crippen molar-refractivity contribution < 1.29 is 9.90 Å². The molecular weight excluding hydrogens is 254 g/mol. The van der Waals surface area contributed by atoms with Crippen LogP contribution in [0.2, 0.25) is 0 Å². The molecule has 0 aliphatic rings. The fraction of sp³-hybridized carbons (Fsp3) is 0.533. The van der Waals surface area contributed by atoms with Crippen molar-refractivity contribution in [3.05, 3.63) is 24.3 Å². The molecule has 0 heterocycles. The standard InChI is InChI=1S/C15H25N3O2/c1-15(2,11-19)18(3)9-5-8-14(20)17-13-7-4-6-12(16)10-13/h4,6-7,10,19H,5,8-9,11,16H2,1-3H3,(H,17,20). The van der Waals surface area contributed by atoms with Crippen molar-refractivity contribution in [2.75, 3.05) is 31.2 Å². The average Bonchev–Trinajstić information content (AvgIpc) is 2.38. The summed E-state index contributed by atoms with van der Waals surface area (Å²) in [6, 6.07) is 7.14. The van der Waals surface area contributed by atoms with E-state index < -0.39 is 0 Å². The lowest BCUT2D eigenvalue weighted by Gasteiger charge is -2.33. The van der Waals surface area contributed by atoms with Crippen molar-refractivity contribution >= 4 is 17.3 Å². The quantitative estimate of drug-likeness (QED) is 0.664. The fourth-order valence-electron chi connectivity index (χ4n) is 1.74. The molecule has 20 heavy (non-hydrogen) atoms. The molecule has 4 N–H and O–H groups in total. The number of nitrogen functional groups attached to an aromatic ring is 1. The van der Waals surface area contributed by atoms with E-state index in [2.05, 4.69) is 10.2 Å². The zero-order valence-corrected chi connectivity index (χ0v) is 12.5. The van der Waals surface area contributed by atoms with Crippen LogP contribution in [0.5, 0.6) is 0 Å². The Balaban J connectivity index is 2.34. The number of anilines is 2. The van der Waals surface area contributed by atoms with Gasteiger partial charge in [0.05, 0.1) is 6.61 Å². The molecule has 0 atom stereocenters. The van der Waals surface area contributed by atoms with E-state index >= 15 is 0 Å². The predicted molar refractivity (Wildman–Crippen MR) is 82.5 cm³/mol. The van der Waals surface area contributed by atoms with Crippen molar-refractivity contribution in [1.82, 2.24) is 4.90 Å². The van der Waals surface area contributed by atoms with Crippen LogP contribution in [-0.2, 0) is 4.79 Å². The molecule has 0 aromatic heterocycles. The minimum absolute atomic E-state index is 0.0224. The molecule has 112 valence electrons. The smallest absolute Gasteiger partial charge is 0.224 e. The second-order valence-electron chi connectivity index (χ2n) is 5.67. The number of likely N-dealkylation sites (N-methyl/N-ethyl adjacent to an activating group) is 1. The molecule has 1 aromatic carbocycles. The molecule has 0 aliphatic carbocycles. The number of amides is 1. The first-order chi connectivity index (χ1) is 9.35. The van der Waals surface area contributed by atoms with Crippen LogP contribution >= 0.6 is 0 Å². The van der Waals surface area contributed by atoms with E-state index in [1.165, 1.54) is 0 Å². The summed E-state index contributed by atoms with van der Waals surface area (Å²) < 4.78 is 0. The van der Waals surface area contributed by atoms with Gasteiger partial charge in [0.25, 0.3) is 0 Å². The number of aliphatic hydroxyl groups excluding tert-OH is 1. The summed E-state index contributed by atoms with van der Waals surface area (Å²) in [5.41, 5.74) is 6.75. The number of carbonyl (C=O) groups excluding carboxylic acids is 1. The maximum atomic E-state index is 11.8. The second kappa shape index (κ2) is 7.26. The lowest BCUT2D eigenvalue weighted by atomic mass is 10.0. The van der Waals surface area contributed by atoms with Gasteiger partial charge in [-0.25, -0.2) is 0 Å². The SMILES string of the molecule is CN(CCCC(=O)Nc1cccc(N)c1)C(C)(C)CO. The number of benzene rings is 1. The number of nitrogens with one attached hydrogen (secondary N) is 1. The summed E-state index contributed by atoms with van der Waals surface area (Å²) in [6.07, 6.45) is 1.19. The van der Waals surface area contributed by atoms with Gasteiger partial charge in [0.1, 0.15) is 0 Å². The largest absolute Gasteiger partial charge is 0.399 e. The first kappa shape index (κ1) is 16.5. The summed E-state index contributed by atoms with van der Waals surface area (Å²) in [5, 5.41) is 12.1. The van der Waals surface area contributed by atoms with E-state index in [0.717, 1.165) is 18.7 Å². The van der Waals surface area contributed by atoms with Crippen LogP contribution < -0.4 is 11.1 Å². The number of aliphatic hydroxyl groups is 1. The van der Waals surface area contributed by atoms with Crippen molar-refractivity contribution in [3.63, 3.8) is 0 Å². The molecule has 0 radical (unpaired) electrons. The Labute approximate surface area is 120 Å². The Bertz CT molecular complexity index is 446. The first-order valence-corrected chi connectivity index (χ1v) is 6.82. The molecule has 0 spiro atoms. The molecule has 1 rings (SSSR count). The Hall–Kier alpha value is -1.59. The number of hydrogen-bond acceptors (Lipinski definition) is 4. The summed E-state index contributed by atoms with van der Waals surface area (Å²) >= 11 is 0. The van der Waals surface area contributed by atoms with E-state index in [1.54, 1.807) is 12.1 Å². The summed E-state index contributed by atoms with van der Waals surface area (Å²) in [7, 11) is 1.95. The molecule has 0 bridgehead atoms. The van der Waals surface area contributed by atoms with Crippen LogP contribution in [0.4, 0.5) is 11.4 Å². The number of rotatable bonds is 7. The topological polar surface area (TPSA) is 78.6 Å². The molecule has 1 aromatic rings. The minimum atomic E-state index is -0.260. The van der Waals surface area contributed by atoms with Gasteiger partial charge in [-0.2, -0.15) is 0 Å². The molecule has 1 amide bonds. The van der Waals surface area contributed by atoms with Crippen LogP contribution in [0.1, 0.15) is 26.7 Å². The molecule has 0 aliphatic heterocycles. The van der Waals surface area contributed by atoms with Crippen molar-refractivity contribution in [1.29, 1.82) is 0 Å². The van der Waals surface area contributed by atoms with E-state index in [4.69, 9.17) is 5.73 Å². The number of nitrogens with two attached hydrogens (primary N) is 1. The zero-order chi connectivity index (χ0) is 15.2. The number of nitrogens with zero attached hydrogens (tertiary/aromatic N) is 1. The maximum absolute atomic E-state index is 11.8. The van der Waals surface area contributed by atoms with Crippen LogP contribution in [0.15, 0.2) is 24.3 Å². The van der Waals surface area contributed by atoms with Gasteiger partial charge in [-0.05, 0) is 52.1 Å². The first-order valence-electron chi connectivity index (χ1n) is 6.82. The van der Waals surface area contributed by atoms with Gasteiger partial charge in [-0.1, -0.05) is 6.07 Å². The summed E-state index contributed by atoms with van der Waals surface area (Å²) in [5.74, 6) is -0.0224. The molecule has 0 fully saturated rings. The lowest BCUT2D eigenvalue weighted by molar-refractivity contribution is -0.116. The Morgan fingerprint density at radius 2 is 2.15 bits per heavy atom. The van der Waals surface area contributed by atoms with Crippen LogP contribution in [-0.4, -0.2) is 41.7 Å².